The number of halogens is 1. The van der Waals surface area contributed by atoms with Gasteiger partial charge in [0.05, 0.1) is 22.8 Å². The molecule has 3 aromatic rings. The number of imidazole rings is 1. The zero-order chi connectivity index (χ0) is 24.6. The zero-order valence-electron chi connectivity index (χ0n) is 19.6. The summed E-state index contributed by atoms with van der Waals surface area (Å²) in [7, 11) is -3.17. The highest BCUT2D eigenvalue weighted by molar-refractivity contribution is 7.90. The number of aryl methyl sites for hydroxylation is 1. The quantitative estimate of drug-likeness (QED) is 0.368. The molecule has 1 atom stereocenters. The van der Waals surface area contributed by atoms with Crippen LogP contribution in [-0.4, -0.2) is 46.5 Å². The zero-order valence-corrected chi connectivity index (χ0v) is 20.4. The fourth-order valence-corrected chi connectivity index (χ4v) is 5.46. The third-order valence-corrected chi connectivity index (χ3v) is 7.00. The predicted molar refractivity (Wildman–Crippen MR) is 135 cm³/mol. The van der Waals surface area contributed by atoms with Crippen LogP contribution in [0.2, 0.25) is 0 Å². The highest BCUT2D eigenvalue weighted by Gasteiger charge is 2.32. The van der Waals surface area contributed by atoms with E-state index in [1.54, 1.807) is 24.4 Å². The Morgan fingerprint density at radius 1 is 1.06 bits per heavy atom. The smallest absolute Gasteiger partial charge is 0.223 e. The van der Waals surface area contributed by atoms with Crippen molar-refractivity contribution in [1.29, 1.82) is 0 Å². The molecule has 2 aliphatic carbocycles. The lowest BCUT2D eigenvalue weighted by molar-refractivity contribution is 0.553. The first kappa shape index (κ1) is 23.2. The largest absolute Gasteiger partial charge is 0.354 e. The molecular weight excluding hydrogens is 465 g/mol. The molecule has 0 bridgehead atoms. The summed E-state index contributed by atoms with van der Waals surface area (Å²) in [6, 6.07) is 16.2. The van der Waals surface area contributed by atoms with Crippen LogP contribution in [0.15, 0.2) is 60.8 Å². The Balaban J connectivity index is 0.000000362. The maximum atomic E-state index is 13.5. The fourth-order valence-electron chi connectivity index (χ4n) is 4.44. The van der Waals surface area contributed by atoms with Crippen LogP contribution in [0.3, 0.4) is 0 Å². The van der Waals surface area contributed by atoms with Crippen molar-refractivity contribution in [3.8, 4) is 33.8 Å². The second-order valence-corrected chi connectivity index (χ2v) is 10.9. The second-order valence-electron chi connectivity index (χ2n) is 8.76. The van der Waals surface area contributed by atoms with E-state index < -0.39 is 9.84 Å². The normalized spacial score (nSPS) is 15.2. The monoisotopic (exact) mass is 491 g/mol. The third-order valence-electron chi connectivity index (χ3n) is 6.01. The van der Waals surface area contributed by atoms with Gasteiger partial charge < -0.3 is 9.88 Å². The predicted octanol–water partition coefficient (Wildman–Crippen LogP) is 4.78. The number of hydrogen-bond acceptors (Lipinski definition) is 6. The molecule has 6 rings (SSSR count). The number of fused-ring (bicyclic) bond motifs is 2. The van der Waals surface area contributed by atoms with Crippen LogP contribution in [0.4, 0.5) is 10.3 Å². The van der Waals surface area contributed by atoms with E-state index in [9.17, 15) is 12.8 Å². The van der Waals surface area contributed by atoms with E-state index in [1.165, 1.54) is 29.5 Å². The first-order chi connectivity index (χ1) is 16.8. The molecule has 3 aliphatic rings. The molecule has 1 aromatic carbocycles. The Morgan fingerprint density at radius 2 is 1.80 bits per heavy atom. The van der Waals surface area contributed by atoms with Crippen molar-refractivity contribution >= 4 is 15.8 Å². The average Bonchev–Trinajstić information content (AvgIpc) is 3.13. The summed E-state index contributed by atoms with van der Waals surface area (Å²) < 4.78 is 39.4. The summed E-state index contributed by atoms with van der Waals surface area (Å²) in [4.78, 5) is 13.6. The van der Waals surface area contributed by atoms with E-state index >= 15 is 0 Å². The van der Waals surface area contributed by atoms with Gasteiger partial charge in [0.15, 0.2) is 0 Å². The number of rotatable bonds is 6. The highest BCUT2D eigenvalue weighted by Crippen LogP contribution is 2.39. The second kappa shape index (κ2) is 9.22. The van der Waals surface area contributed by atoms with Crippen LogP contribution < -0.4 is 5.32 Å². The summed E-state index contributed by atoms with van der Waals surface area (Å²) in [6.07, 6.45) is 4.29. The molecule has 0 amide bonds. The van der Waals surface area contributed by atoms with Gasteiger partial charge in [0.1, 0.15) is 21.5 Å². The van der Waals surface area contributed by atoms with Crippen molar-refractivity contribution in [3.05, 3.63) is 72.4 Å². The molecule has 3 heterocycles. The van der Waals surface area contributed by atoms with Crippen LogP contribution in [0, 0.1) is 5.82 Å². The minimum absolute atomic E-state index is 0.0391. The van der Waals surface area contributed by atoms with Crippen LogP contribution in [0.25, 0.3) is 33.8 Å². The van der Waals surface area contributed by atoms with Crippen molar-refractivity contribution in [2.75, 3.05) is 23.9 Å². The van der Waals surface area contributed by atoms with Crippen molar-refractivity contribution in [1.82, 2.24) is 19.5 Å². The van der Waals surface area contributed by atoms with Gasteiger partial charge in [-0.1, -0.05) is 18.2 Å². The van der Waals surface area contributed by atoms with Crippen molar-refractivity contribution in [2.24, 2.45) is 0 Å². The molecule has 0 saturated heterocycles. The Bertz CT molecular complexity index is 1460. The molecule has 1 unspecified atom stereocenters. The van der Waals surface area contributed by atoms with Crippen molar-refractivity contribution in [3.63, 3.8) is 0 Å². The van der Waals surface area contributed by atoms with Gasteiger partial charge in [0.25, 0.3) is 0 Å². The lowest BCUT2D eigenvalue weighted by Gasteiger charge is -2.17. The van der Waals surface area contributed by atoms with Gasteiger partial charge in [-0.25, -0.2) is 27.8 Å². The van der Waals surface area contributed by atoms with Crippen LogP contribution in [0.5, 0.6) is 0 Å². The van der Waals surface area contributed by atoms with Gasteiger partial charge in [-0.3, -0.25) is 0 Å². The van der Waals surface area contributed by atoms with Gasteiger partial charge in [-0.05, 0) is 60.9 Å². The minimum atomic E-state index is -3.17. The SMILES string of the molecule is CCNc1nccc(-c2c(-c3ccc(F)cc3)nc3n2C(CS(C)(=O)=O)CC3)n1.c1cc2cc-2c1. The van der Waals surface area contributed by atoms with Crippen LogP contribution in [0.1, 0.15) is 25.2 Å². The van der Waals surface area contributed by atoms with E-state index in [0.29, 0.717) is 36.7 Å². The van der Waals surface area contributed by atoms with Gasteiger partial charge in [0, 0.05) is 37.0 Å². The lowest BCUT2D eigenvalue weighted by Crippen LogP contribution is -2.17. The number of benzene rings is 2. The van der Waals surface area contributed by atoms with Crippen molar-refractivity contribution < 1.29 is 12.8 Å². The molecule has 0 saturated carbocycles. The molecule has 180 valence electrons. The Kier molecular flexibility index (Phi) is 6.10. The van der Waals surface area contributed by atoms with E-state index in [1.807, 2.05) is 11.5 Å². The van der Waals surface area contributed by atoms with Gasteiger partial charge in [-0.2, -0.15) is 0 Å². The molecule has 0 spiro atoms. The molecule has 1 N–H and O–H groups in total. The summed E-state index contributed by atoms with van der Waals surface area (Å²) in [5, 5.41) is 3.10. The Labute approximate surface area is 204 Å². The molecule has 35 heavy (non-hydrogen) atoms. The number of anilines is 1. The summed E-state index contributed by atoms with van der Waals surface area (Å²) >= 11 is 0. The number of hydrogen-bond donors (Lipinski definition) is 1. The van der Waals surface area contributed by atoms with Gasteiger partial charge in [-0.15, -0.1) is 0 Å². The average molecular weight is 492 g/mol. The summed E-state index contributed by atoms with van der Waals surface area (Å²) in [5.41, 5.74) is 5.66. The number of sulfone groups is 1. The lowest BCUT2D eigenvalue weighted by atomic mass is 10.1. The van der Waals surface area contributed by atoms with Crippen molar-refractivity contribution in [2.45, 2.75) is 25.8 Å². The Hall–Kier alpha value is -3.59. The number of aromatic nitrogens is 4. The van der Waals surface area contributed by atoms with E-state index in [4.69, 9.17) is 4.98 Å². The Morgan fingerprint density at radius 3 is 2.40 bits per heavy atom. The third kappa shape index (κ3) is 5.09. The van der Waals surface area contributed by atoms with E-state index in [0.717, 1.165) is 17.1 Å². The van der Waals surface area contributed by atoms with Crippen LogP contribution in [-0.2, 0) is 16.3 Å². The standard InChI is InChI=1S/C20H22FN5O2S.C6H4/c1-3-22-20-23-11-10-16(24-20)19-18(13-4-6-14(21)7-5-13)25-17-9-8-15(26(17)19)12-29(2,27)28;1-2-5-4-6(5)3-1/h4-7,10-11,15H,3,8-9,12H2,1-2H3,(H,22,23,24);1-4H. The first-order valence-electron chi connectivity index (χ1n) is 11.5. The number of nitrogens with zero attached hydrogens (tertiary/aromatic N) is 4. The topological polar surface area (TPSA) is 89.8 Å². The maximum Gasteiger partial charge on any atom is 0.223 e. The molecule has 2 aromatic heterocycles. The van der Waals surface area contributed by atoms with E-state index in [-0.39, 0.29) is 17.6 Å². The number of nitrogens with one attached hydrogen (secondary N) is 1. The maximum absolute atomic E-state index is 13.5. The van der Waals surface area contributed by atoms with E-state index in [2.05, 4.69) is 39.6 Å². The molecule has 0 radical (unpaired) electrons. The highest BCUT2D eigenvalue weighted by atomic mass is 32.2. The molecule has 1 aliphatic heterocycles. The van der Waals surface area contributed by atoms with Gasteiger partial charge in [0.2, 0.25) is 5.95 Å². The first-order valence-corrected chi connectivity index (χ1v) is 13.6. The summed E-state index contributed by atoms with van der Waals surface area (Å²) in [5.74, 6) is 1.02. The van der Waals surface area contributed by atoms with Crippen LogP contribution >= 0.6 is 0 Å². The summed E-state index contributed by atoms with van der Waals surface area (Å²) in [6.45, 7) is 2.63. The van der Waals surface area contributed by atoms with Gasteiger partial charge >= 0.3 is 0 Å². The minimum Gasteiger partial charge on any atom is -0.354 e. The fraction of sp³-hybridized carbons (Fsp3) is 0.269. The molecular formula is C26H26FN5O2S. The molecule has 0 fully saturated rings. The molecule has 7 nitrogen and oxygen atoms in total. The molecule has 9 heteroatoms.